The van der Waals surface area contributed by atoms with Crippen molar-refractivity contribution in [2.45, 2.75) is 19.4 Å². The van der Waals surface area contributed by atoms with E-state index in [1.165, 1.54) is 0 Å². The highest BCUT2D eigenvalue weighted by molar-refractivity contribution is 5.87. The second-order valence-electron chi connectivity index (χ2n) is 2.98. The second-order valence-corrected chi connectivity index (χ2v) is 2.98. The summed E-state index contributed by atoms with van der Waals surface area (Å²) in [5.41, 5.74) is 0.206. The van der Waals surface area contributed by atoms with Gasteiger partial charge < -0.3 is 14.0 Å². The molecule has 14 heavy (non-hydrogen) atoms. The number of esters is 1. The molecule has 2 heterocycles. The van der Waals surface area contributed by atoms with Crippen molar-refractivity contribution in [1.82, 2.24) is 5.16 Å². The number of carbonyl (C=O) groups excluding carboxylic acids is 1. The van der Waals surface area contributed by atoms with Crippen LogP contribution in [0.4, 0.5) is 0 Å². The van der Waals surface area contributed by atoms with Gasteiger partial charge in [0.25, 0.3) is 0 Å². The van der Waals surface area contributed by atoms with Crippen molar-refractivity contribution in [1.29, 1.82) is 0 Å². The molecule has 0 radical (unpaired) electrons. The summed E-state index contributed by atoms with van der Waals surface area (Å²) >= 11 is 0. The van der Waals surface area contributed by atoms with Crippen molar-refractivity contribution in [2.24, 2.45) is 0 Å². The Bertz CT molecular complexity index is 329. The minimum absolute atomic E-state index is 0.0364. The van der Waals surface area contributed by atoms with Gasteiger partial charge in [-0.3, -0.25) is 0 Å². The molecule has 1 aliphatic heterocycles. The molecule has 1 aromatic heterocycles. The first-order valence-electron chi connectivity index (χ1n) is 4.56. The molecule has 5 nitrogen and oxygen atoms in total. The van der Waals surface area contributed by atoms with Crippen LogP contribution in [-0.4, -0.2) is 24.3 Å². The van der Waals surface area contributed by atoms with Crippen molar-refractivity contribution in [3.8, 4) is 0 Å². The molecule has 0 aromatic carbocycles. The molecular weight excluding hydrogens is 186 g/mol. The van der Waals surface area contributed by atoms with Crippen LogP contribution in [0.25, 0.3) is 0 Å². The molecule has 1 unspecified atom stereocenters. The summed E-state index contributed by atoms with van der Waals surface area (Å²) in [5.74, 6) is 0.140. The lowest BCUT2D eigenvalue weighted by Crippen LogP contribution is -2.17. The first-order valence-corrected chi connectivity index (χ1v) is 4.56. The Kier molecular flexibility index (Phi) is 2.49. The first kappa shape index (κ1) is 9.21. The third kappa shape index (κ3) is 1.63. The highest BCUT2D eigenvalue weighted by atomic mass is 16.5. The van der Waals surface area contributed by atoms with Gasteiger partial charge in [0.05, 0.1) is 13.2 Å². The highest BCUT2D eigenvalue weighted by Crippen LogP contribution is 2.29. The Labute approximate surface area is 81.0 Å². The fourth-order valence-electron chi connectivity index (χ4n) is 1.20. The summed E-state index contributed by atoms with van der Waals surface area (Å²) in [6, 6.07) is 1.57. The fraction of sp³-hybridized carbons (Fsp3) is 0.556. The molecule has 5 heteroatoms. The lowest BCUT2D eigenvalue weighted by atomic mass is 10.1. The van der Waals surface area contributed by atoms with Crippen molar-refractivity contribution >= 4 is 5.97 Å². The molecule has 0 amide bonds. The van der Waals surface area contributed by atoms with Crippen LogP contribution in [0.15, 0.2) is 10.6 Å². The Morgan fingerprint density at radius 3 is 3.14 bits per heavy atom. The van der Waals surface area contributed by atoms with Crippen LogP contribution in [0.3, 0.4) is 0 Å². The topological polar surface area (TPSA) is 61.6 Å². The molecule has 1 aliphatic rings. The minimum Gasteiger partial charge on any atom is -0.461 e. The molecule has 1 atom stereocenters. The van der Waals surface area contributed by atoms with E-state index in [9.17, 15) is 4.79 Å². The standard InChI is InChI=1S/C9H11NO4/c1-2-12-9(11)6-5-8(14-10-6)7-3-4-13-7/h5,7H,2-4H2,1H3. The van der Waals surface area contributed by atoms with Gasteiger partial charge >= 0.3 is 5.97 Å². The average Bonchev–Trinajstić information content (AvgIpc) is 2.50. The first-order chi connectivity index (χ1) is 6.81. The largest absolute Gasteiger partial charge is 0.461 e. The van der Waals surface area contributed by atoms with Crippen LogP contribution < -0.4 is 0 Å². The number of carbonyl (C=O) groups is 1. The number of hydrogen-bond donors (Lipinski definition) is 0. The molecule has 0 aliphatic carbocycles. The van der Waals surface area contributed by atoms with E-state index in [1.54, 1.807) is 13.0 Å². The second kappa shape index (κ2) is 3.79. The number of rotatable bonds is 3. The summed E-state index contributed by atoms with van der Waals surface area (Å²) in [6.07, 6.45) is 0.878. The van der Waals surface area contributed by atoms with Crippen molar-refractivity contribution in [3.05, 3.63) is 17.5 Å². The smallest absolute Gasteiger partial charge is 0.360 e. The van der Waals surface area contributed by atoms with Crippen molar-refractivity contribution in [3.63, 3.8) is 0 Å². The maximum atomic E-state index is 11.2. The third-order valence-electron chi connectivity index (χ3n) is 2.03. The summed E-state index contributed by atoms with van der Waals surface area (Å²) in [7, 11) is 0. The van der Waals surface area contributed by atoms with Crippen LogP contribution >= 0.6 is 0 Å². The van der Waals surface area contributed by atoms with Gasteiger partial charge in [0, 0.05) is 12.5 Å². The fourth-order valence-corrected chi connectivity index (χ4v) is 1.20. The van der Waals surface area contributed by atoms with E-state index < -0.39 is 5.97 Å². The Hall–Kier alpha value is -1.36. The van der Waals surface area contributed by atoms with Gasteiger partial charge in [0.2, 0.25) is 0 Å². The third-order valence-corrected chi connectivity index (χ3v) is 2.03. The van der Waals surface area contributed by atoms with E-state index in [0.717, 1.165) is 13.0 Å². The minimum atomic E-state index is -0.457. The zero-order valence-electron chi connectivity index (χ0n) is 7.86. The van der Waals surface area contributed by atoms with Crippen LogP contribution in [0.2, 0.25) is 0 Å². The Balaban J connectivity index is 2.05. The molecule has 2 rings (SSSR count). The number of ether oxygens (including phenoxy) is 2. The van der Waals surface area contributed by atoms with Gasteiger partial charge in [0.1, 0.15) is 6.10 Å². The van der Waals surface area contributed by atoms with E-state index in [4.69, 9.17) is 14.0 Å². The quantitative estimate of drug-likeness (QED) is 0.683. The monoisotopic (exact) mass is 197 g/mol. The summed E-state index contributed by atoms with van der Waals surface area (Å²) in [6.45, 7) is 2.81. The molecule has 1 aromatic rings. The van der Waals surface area contributed by atoms with Gasteiger partial charge in [-0.25, -0.2) is 4.79 Å². The van der Waals surface area contributed by atoms with Crippen molar-refractivity contribution < 1.29 is 18.8 Å². The van der Waals surface area contributed by atoms with E-state index in [0.29, 0.717) is 12.4 Å². The molecule has 76 valence electrons. The van der Waals surface area contributed by atoms with Crippen LogP contribution in [0, 0.1) is 0 Å². The predicted octanol–water partition coefficient (Wildman–Crippen LogP) is 1.31. The van der Waals surface area contributed by atoms with Gasteiger partial charge in [-0.1, -0.05) is 5.16 Å². The summed E-state index contributed by atoms with van der Waals surface area (Å²) in [5, 5.41) is 3.61. The average molecular weight is 197 g/mol. The summed E-state index contributed by atoms with van der Waals surface area (Å²) < 4.78 is 14.9. The maximum absolute atomic E-state index is 11.2. The number of nitrogens with zero attached hydrogens (tertiary/aromatic N) is 1. The normalized spacial score (nSPS) is 20.2. The van der Waals surface area contributed by atoms with E-state index in [2.05, 4.69) is 5.16 Å². The highest BCUT2D eigenvalue weighted by Gasteiger charge is 2.26. The molecular formula is C9H11NO4. The van der Waals surface area contributed by atoms with Gasteiger partial charge in [-0.05, 0) is 6.92 Å². The Morgan fingerprint density at radius 2 is 2.57 bits per heavy atom. The summed E-state index contributed by atoms with van der Waals surface area (Å²) in [4.78, 5) is 11.2. The SMILES string of the molecule is CCOC(=O)c1cc(C2CCO2)on1. The van der Waals surface area contributed by atoms with Crippen molar-refractivity contribution in [2.75, 3.05) is 13.2 Å². The molecule has 1 fully saturated rings. The zero-order chi connectivity index (χ0) is 9.97. The Morgan fingerprint density at radius 1 is 1.79 bits per heavy atom. The molecule has 0 saturated carbocycles. The van der Waals surface area contributed by atoms with Gasteiger partial charge in [-0.15, -0.1) is 0 Å². The zero-order valence-corrected chi connectivity index (χ0v) is 7.86. The lowest BCUT2D eigenvalue weighted by Gasteiger charge is -2.23. The van der Waals surface area contributed by atoms with E-state index in [-0.39, 0.29) is 11.8 Å². The van der Waals surface area contributed by atoms with E-state index in [1.807, 2.05) is 0 Å². The lowest BCUT2D eigenvalue weighted by molar-refractivity contribution is -0.0670. The number of hydrogen-bond acceptors (Lipinski definition) is 5. The number of aromatic nitrogens is 1. The molecule has 0 spiro atoms. The van der Waals surface area contributed by atoms with Gasteiger partial charge in [0.15, 0.2) is 11.5 Å². The molecule has 1 saturated heterocycles. The van der Waals surface area contributed by atoms with E-state index >= 15 is 0 Å². The molecule has 0 bridgehead atoms. The van der Waals surface area contributed by atoms with Crippen LogP contribution in [0.1, 0.15) is 35.7 Å². The maximum Gasteiger partial charge on any atom is 0.360 e. The van der Waals surface area contributed by atoms with Gasteiger partial charge in [-0.2, -0.15) is 0 Å². The predicted molar refractivity (Wildman–Crippen MR) is 45.8 cm³/mol. The molecule has 0 N–H and O–H groups in total. The van der Waals surface area contributed by atoms with Crippen LogP contribution in [0.5, 0.6) is 0 Å². The van der Waals surface area contributed by atoms with Crippen LogP contribution in [-0.2, 0) is 9.47 Å².